The third-order valence-electron chi connectivity index (χ3n) is 6.17. The van der Waals surface area contributed by atoms with Crippen LogP contribution in [0.5, 0.6) is 0 Å². The van der Waals surface area contributed by atoms with Gasteiger partial charge in [0.25, 0.3) is 0 Å². The summed E-state index contributed by atoms with van der Waals surface area (Å²) in [7, 11) is -2.44. The summed E-state index contributed by atoms with van der Waals surface area (Å²) in [6.07, 6.45) is 1.61. The van der Waals surface area contributed by atoms with Gasteiger partial charge in [-0.2, -0.15) is 0 Å². The number of hydrogen-bond donors (Lipinski definition) is 0. The molecule has 5 heteroatoms. The first-order chi connectivity index (χ1) is 15.9. The average Bonchev–Trinajstić information content (AvgIpc) is 2.80. The molecule has 4 nitrogen and oxygen atoms in total. The summed E-state index contributed by atoms with van der Waals surface area (Å²) >= 11 is 0. The van der Waals surface area contributed by atoms with Crippen molar-refractivity contribution in [1.29, 1.82) is 0 Å². The van der Waals surface area contributed by atoms with Gasteiger partial charge < -0.3 is 0 Å². The first kappa shape index (κ1) is 24.7. The van der Waals surface area contributed by atoms with E-state index in [1.807, 2.05) is 0 Å². The third-order valence-corrected chi connectivity index (χ3v) is 11.7. The number of aryl methyl sites for hydroxylation is 3. The van der Waals surface area contributed by atoms with Crippen molar-refractivity contribution in [3.63, 3.8) is 0 Å². The van der Waals surface area contributed by atoms with Gasteiger partial charge in [0, 0.05) is 0 Å². The van der Waals surface area contributed by atoms with Crippen molar-refractivity contribution in [2.45, 2.75) is 34.1 Å². The SMILES string of the molecule is CC(=O)OCC(=O)OCCC[PH](c1ccccc1C)(c1ccccc1C)c1ccccc1C. The van der Waals surface area contributed by atoms with Crippen LogP contribution >= 0.6 is 7.26 Å². The fourth-order valence-electron chi connectivity index (χ4n) is 4.72. The Morgan fingerprint density at radius 2 is 1.12 bits per heavy atom. The van der Waals surface area contributed by atoms with Gasteiger partial charge in [0.1, 0.15) is 0 Å². The maximum absolute atomic E-state index is 12.0. The normalized spacial score (nSPS) is 11.6. The van der Waals surface area contributed by atoms with E-state index in [0.717, 1.165) is 12.6 Å². The zero-order valence-electron chi connectivity index (χ0n) is 19.9. The number of esters is 2. The Labute approximate surface area is 197 Å². The van der Waals surface area contributed by atoms with Gasteiger partial charge in [0.2, 0.25) is 0 Å². The summed E-state index contributed by atoms with van der Waals surface area (Å²) in [6.45, 7) is 7.79. The van der Waals surface area contributed by atoms with Gasteiger partial charge in [-0.05, 0) is 0 Å². The average molecular weight is 465 g/mol. The summed E-state index contributed by atoms with van der Waals surface area (Å²) in [5.41, 5.74) is 3.84. The molecule has 0 saturated heterocycles. The summed E-state index contributed by atoms with van der Waals surface area (Å²) in [5, 5.41) is 4.17. The molecule has 0 atom stereocenters. The minimum atomic E-state index is -2.44. The number of ether oxygens (including phenoxy) is 2. The van der Waals surface area contributed by atoms with Crippen molar-refractivity contribution >= 4 is 35.1 Å². The van der Waals surface area contributed by atoms with E-state index < -0.39 is 19.2 Å². The number of carbonyl (C=O) groups is 2. The summed E-state index contributed by atoms with van der Waals surface area (Å²) in [4.78, 5) is 22.9. The minimum absolute atomic E-state index is 0.290. The van der Waals surface area contributed by atoms with Crippen LogP contribution in [0.1, 0.15) is 30.0 Å². The molecule has 33 heavy (non-hydrogen) atoms. The topological polar surface area (TPSA) is 52.6 Å². The molecule has 0 amide bonds. The van der Waals surface area contributed by atoms with Crippen molar-refractivity contribution < 1.29 is 19.1 Å². The van der Waals surface area contributed by atoms with Gasteiger partial charge in [-0.25, -0.2) is 0 Å². The van der Waals surface area contributed by atoms with Crippen molar-refractivity contribution in [1.82, 2.24) is 0 Å². The molecule has 3 aromatic carbocycles. The summed E-state index contributed by atoms with van der Waals surface area (Å²) in [5.74, 6) is -1.00. The number of benzene rings is 3. The second-order valence-electron chi connectivity index (χ2n) is 8.45. The van der Waals surface area contributed by atoms with Gasteiger partial charge in [0.15, 0.2) is 0 Å². The molecule has 3 aromatic rings. The first-order valence-electron chi connectivity index (χ1n) is 11.3. The maximum atomic E-state index is 12.0. The Bertz CT molecular complexity index is 1010. The molecule has 0 bridgehead atoms. The first-order valence-corrected chi connectivity index (χ1v) is 13.5. The monoisotopic (exact) mass is 464 g/mol. The Hall–Kier alpha value is -2.97. The number of rotatable bonds is 9. The van der Waals surface area contributed by atoms with E-state index in [1.54, 1.807) is 0 Å². The van der Waals surface area contributed by atoms with Gasteiger partial charge in [0.05, 0.1) is 0 Å². The molecule has 174 valence electrons. The molecular formula is C28H33O4P. The predicted molar refractivity (Wildman–Crippen MR) is 138 cm³/mol. The van der Waals surface area contributed by atoms with Crippen LogP contribution in [-0.2, 0) is 19.1 Å². The van der Waals surface area contributed by atoms with Crippen molar-refractivity contribution in [3.8, 4) is 0 Å². The van der Waals surface area contributed by atoms with Gasteiger partial charge in [-0.1, -0.05) is 0 Å². The molecule has 0 aromatic heterocycles. The molecule has 3 rings (SSSR count). The predicted octanol–water partition coefficient (Wildman–Crippen LogP) is 4.13. The fraction of sp³-hybridized carbons (Fsp3) is 0.286. The molecule has 0 aliphatic heterocycles. The van der Waals surface area contributed by atoms with Crippen LogP contribution in [0.2, 0.25) is 0 Å². The van der Waals surface area contributed by atoms with Crippen molar-refractivity contribution in [2.75, 3.05) is 19.4 Å². The van der Waals surface area contributed by atoms with Gasteiger partial charge in [-0.15, -0.1) is 0 Å². The van der Waals surface area contributed by atoms with E-state index in [9.17, 15) is 9.59 Å². The molecule has 0 radical (unpaired) electrons. The quantitative estimate of drug-likeness (QED) is 0.271. The molecule has 0 spiro atoms. The zero-order valence-corrected chi connectivity index (χ0v) is 20.9. The summed E-state index contributed by atoms with van der Waals surface area (Å²) in [6, 6.07) is 26.0. The Morgan fingerprint density at radius 3 is 1.52 bits per heavy atom. The second kappa shape index (κ2) is 11.2. The molecule has 0 heterocycles. The van der Waals surface area contributed by atoms with E-state index in [-0.39, 0.29) is 6.61 Å². The van der Waals surface area contributed by atoms with Crippen LogP contribution in [0, 0.1) is 20.8 Å². The van der Waals surface area contributed by atoms with Crippen molar-refractivity contribution in [3.05, 3.63) is 89.5 Å². The van der Waals surface area contributed by atoms with E-state index in [1.165, 1.54) is 39.5 Å². The molecule has 0 fully saturated rings. The van der Waals surface area contributed by atoms with Crippen LogP contribution in [-0.4, -0.2) is 31.3 Å². The fourth-order valence-corrected chi connectivity index (χ4v) is 10.5. The molecule has 0 aliphatic carbocycles. The Balaban J connectivity index is 2.05. The van der Waals surface area contributed by atoms with Crippen molar-refractivity contribution in [2.24, 2.45) is 0 Å². The standard InChI is InChI=1S/C28H33O4P/c1-21-12-5-8-15-25(21)33(26-16-9-6-13-22(26)2,27-17-10-7-14-23(27)3)19-11-18-31-28(30)20-32-24(4)29/h5-10,12-17,33H,11,18-20H2,1-4H3. The third kappa shape index (κ3) is 5.69. The van der Waals surface area contributed by atoms with Crippen LogP contribution in [0.3, 0.4) is 0 Å². The summed E-state index contributed by atoms with van der Waals surface area (Å²) < 4.78 is 10.1. The second-order valence-corrected chi connectivity index (χ2v) is 12.4. The van der Waals surface area contributed by atoms with Crippen LogP contribution in [0.25, 0.3) is 0 Å². The van der Waals surface area contributed by atoms with Crippen LogP contribution in [0.4, 0.5) is 0 Å². The van der Waals surface area contributed by atoms with Crippen LogP contribution in [0.15, 0.2) is 72.8 Å². The van der Waals surface area contributed by atoms with Gasteiger partial charge >= 0.3 is 197 Å². The van der Waals surface area contributed by atoms with Gasteiger partial charge in [-0.3, -0.25) is 0 Å². The van der Waals surface area contributed by atoms with E-state index in [2.05, 4.69) is 93.6 Å². The van der Waals surface area contributed by atoms with E-state index in [4.69, 9.17) is 9.47 Å². The Morgan fingerprint density at radius 1 is 0.697 bits per heavy atom. The molecular weight excluding hydrogens is 431 g/mol. The number of hydrogen-bond acceptors (Lipinski definition) is 4. The number of carbonyl (C=O) groups excluding carboxylic acids is 2. The van der Waals surface area contributed by atoms with E-state index in [0.29, 0.717) is 6.61 Å². The van der Waals surface area contributed by atoms with Crippen LogP contribution < -0.4 is 15.9 Å². The zero-order chi connectivity index (χ0) is 23.8. The Kier molecular flexibility index (Phi) is 8.41. The molecule has 0 aliphatic rings. The molecule has 0 unspecified atom stereocenters. The van der Waals surface area contributed by atoms with E-state index >= 15 is 0 Å². The molecule has 0 N–H and O–H groups in total. The molecule has 0 saturated carbocycles.